The third kappa shape index (κ3) is 5.75. The fraction of sp³-hybridized carbons (Fsp3) is 1.00. The largest absolute Gasteiger partial charge is 1.00 e. The number of alkyl halides is 8. The molecule has 0 rings (SSSR count). The van der Waals surface area contributed by atoms with Gasteiger partial charge in [0.1, 0.15) is 0 Å². The van der Waals surface area contributed by atoms with E-state index in [2.05, 4.69) is 0 Å². The Morgan fingerprint density at radius 2 is 1.00 bits per heavy atom. The number of hydrogen-bond acceptors (Lipinski definition) is 2. The second kappa shape index (κ2) is 8.40. The van der Waals surface area contributed by atoms with E-state index in [0.29, 0.717) is 0 Å². The zero-order valence-electron chi connectivity index (χ0n) is 10.7. The molecular weight excluding hydrogens is 323 g/mol. The van der Waals surface area contributed by atoms with Crippen LogP contribution in [-0.4, -0.2) is 55.8 Å². The van der Waals surface area contributed by atoms with Crippen molar-refractivity contribution in [1.29, 1.82) is 0 Å². The molecule has 0 saturated carbocycles. The van der Waals surface area contributed by atoms with Gasteiger partial charge in [-0.15, -0.1) is 0 Å². The van der Waals surface area contributed by atoms with E-state index in [-0.39, 0.29) is 20.3 Å². The van der Waals surface area contributed by atoms with E-state index in [9.17, 15) is 43.5 Å². The minimum absolute atomic E-state index is 0. The maximum Gasteiger partial charge on any atom is 1.00 e. The van der Waals surface area contributed by atoms with Gasteiger partial charge in [-0.3, -0.25) is 4.55 Å². The average molecular weight is 332 g/mol. The topological polar surface area (TPSA) is 54.4 Å². The summed E-state index contributed by atoms with van der Waals surface area (Å²) in [5.74, 6) is 0. The molecule has 0 aromatic heterocycles. The SMILES string of the molecule is O=S(=O)(O)C(F)C(F)C(F)C(F)C(F)C(F)C(F)F.[H-].[Li+]. The first-order valence-corrected chi connectivity index (χ1v) is 6.00. The fourth-order valence-corrected chi connectivity index (χ4v) is 1.45. The first kappa shape index (κ1) is 22.2. The Kier molecular flexibility index (Phi) is 9.34. The van der Waals surface area contributed by atoms with E-state index in [0.717, 1.165) is 0 Å². The molecule has 118 valence electrons. The van der Waals surface area contributed by atoms with Crippen LogP contribution in [0.4, 0.5) is 35.1 Å². The Labute approximate surface area is 122 Å². The van der Waals surface area contributed by atoms with Gasteiger partial charge in [-0.05, 0) is 0 Å². The minimum Gasteiger partial charge on any atom is -1.00 e. The normalized spacial score (nSPS) is 21.5. The van der Waals surface area contributed by atoms with Crippen molar-refractivity contribution in [3.8, 4) is 0 Å². The van der Waals surface area contributed by atoms with Crippen molar-refractivity contribution < 1.29 is 68.4 Å². The van der Waals surface area contributed by atoms with Gasteiger partial charge in [-0.2, -0.15) is 8.42 Å². The van der Waals surface area contributed by atoms with Gasteiger partial charge >= 0.3 is 29.0 Å². The summed E-state index contributed by atoms with van der Waals surface area (Å²) in [5, 5.41) is 0. The van der Waals surface area contributed by atoms with Gasteiger partial charge in [0.2, 0.25) is 0 Å². The Balaban J connectivity index is -0.00000162. The van der Waals surface area contributed by atoms with Gasteiger partial charge in [0.25, 0.3) is 11.9 Å². The predicted octanol–water partition coefficient (Wildman–Crippen LogP) is -0.758. The molecule has 0 heterocycles. The van der Waals surface area contributed by atoms with Gasteiger partial charge < -0.3 is 1.43 Å². The second-order valence-electron chi connectivity index (χ2n) is 3.42. The maximum absolute atomic E-state index is 12.8. The Hall–Kier alpha value is -0.0526. The molecule has 0 spiro atoms. The molecule has 0 bridgehead atoms. The van der Waals surface area contributed by atoms with E-state index < -0.39 is 52.9 Å². The molecule has 0 aliphatic rings. The molecule has 6 atom stereocenters. The van der Waals surface area contributed by atoms with Gasteiger partial charge in [-0.1, -0.05) is 0 Å². The van der Waals surface area contributed by atoms with Gasteiger partial charge in [-0.25, -0.2) is 35.1 Å². The van der Waals surface area contributed by atoms with E-state index in [1.165, 1.54) is 0 Å². The second-order valence-corrected chi connectivity index (χ2v) is 4.90. The minimum atomic E-state index is -5.76. The van der Waals surface area contributed by atoms with Crippen LogP contribution >= 0.6 is 0 Å². The third-order valence-corrected chi connectivity index (χ3v) is 2.82. The van der Waals surface area contributed by atoms with Crippen LogP contribution in [0.15, 0.2) is 0 Å². The van der Waals surface area contributed by atoms with Crippen molar-refractivity contribution in [3.63, 3.8) is 0 Å². The number of halogens is 8. The summed E-state index contributed by atoms with van der Waals surface area (Å²) >= 11 is 0. The van der Waals surface area contributed by atoms with Crippen molar-refractivity contribution in [3.05, 3.63) is 0 Å². The van der Waals surface area contributed by atoms with Crippen molar-refractivity contribution in [1.82, 2.24) is 0 Å². The summed E-state index contributed by atoms with van der Waals surface area (Å²) in [6.07, 6.45) is -23.4. The Morgan fingerprint density at radius 1 is 0.700 bits per heavy atom. The van der Waals surface area contributed by atoms with Crippen LogP contribution in [0.3, 0.4) is 0 Å². The van der Waals surface area contributed by atoms with Crippen LogP contribution < -0.4 is 18.9 Å². The van der Waals surface area contributed by atoms with Crippen LogP contribution in [0.1, 0.15) is 1.43 Å². The summed E-state index contributed by atoms with van der Waals surface area (Å²) in [7, 11) is -5.76. The van der Waals surface area contributed by atoms with Crippen LogP contribution in [0.2, 0.25) is 0 Å². The summed E-state index contributed by atoms with van der Waals surface area (Å²) in [6, 6.07) is 0. The molecule has 3 nitrogen and oxygen atoms in total. The van der Waals surface area contributed by atoms with Crippen LogP contribution in [0.25, 0.3) is 0 Å². The van der Waals surface area contributed by atoms with Crippen molar-refractivity contribution in [2.24, 2.45) is 0 Å². The Bertz CT molecular complexity index is 388. The molecule has 0 fully saturated rings. The molecule has 0 saturated heterocycles. The Morgan fingerprint density at radius 3 is 1.30 bits per heavy atom. The number of hydrogen-bond donors (Lipinski definition) is 1. The molecule has 0 aliphatic carbocycles. The van der Waals surface area contributed by atoms with E-state index >= 15 is 0 Å². The molecule has 13 heteroatoms. The van der Waals surface area contributed by atoms with Crippen LogP contribution in [0, 0.1) is 0 Å². The monoisotopic (exact) mass is 332 g/mol. The third-order valence-electron chi connectivity index (χ3n) is 1.99. The summed E-state index contributed by atoms with van der Waals surface area (Å²) in [4.78, 5) is 0. The fourth-order valence-electron chi connectivity index (χ4n) is 0.975. The summed E-state index contributed by atoms with van der Waals surface area (Å²) in [5.41, 5.74) is -3.96. The standard InChI is InChI=1S/C7H8F8O3S.Li.H/c8-1(2(9)4(11)6(13)14)3(10)5(12)7(15)19(16,17)18;;/h1-7H,(H,16,17,18);;/q;+1;-1. The molecule has 0 aliphatic heterocycles. The van der Waals surface area contributed by atoms with Crippen LogP contribution in [-0.2, 0) is 10.1 Å². The zero-order valence-corrected chi connectivity index (χ0v) is 10.6. The smallest absolute Gasteiger partial charge is 1.00 e. The van der Waals surface area contributed by atoms with Crippen LogP contribution in [0.5, 0.6) is 0 Å². The molecule has 20 heavy (non-hydrogen) atoms. The molecule has 0 aromatic rings. The molecule has 0 radical (unpaired) electrons. The molecule has 6 unspecified atom stereocenters. The predicted molar refractivity (Wildman–Crippen MR) is 48.0 cm³/mol. The van der Waals surface area contributed by atoms with Crippen molar-refractivity contribution in [2.45, 2.75) is 42.8 Å². The first-order valence-electron chi connectivity index (χ1n) is 4.50. The van der Waals surface area contributed by atoms with Gasteiger partial charge in [0, 0.05) is 0 Å². The van der Waals surface area contributed by atoms with E-state index in [1.807, 2.05) is 0 Å². The summed E-state index contributed by atoms with van der Waals surface area (Å²) in [6.45, 7) is 0. The van der Waals surface area contributed by atoms with E-state index in [1.54, 1.807) is 0 Å². The first-order chi connectivity index (χ1) is 8.41. The average Bonchev–Trinajstić information content (AvgIpc) is 2.31. The molecule has 0 aromatic carbocycles. The van der Waals surface area contributed by atoms with E-state index in [4.69, 9.17) is 4.55 Å². The van der Waals surface area contributed by atoms with Crippen molar-refractivity contribution >= 4 is 10.1 Å². The molecular formula is C7H9F8LiO3S. The van der Waals surface area contributed by atoms with Crippen molar-refractivity contribution in [2.75, 3.05) is 0 Å². The van der Waals surface area contributed by atoms with Gasteiger partial charge in [0.15, 0.2) is 30.9 Å². The molecule has 0 amide bonds. The molecule has 1 N–H and O–H groups in total. The van der Waals surface area contributed by atoms with Gasteiger partial charge in [0.05, 0.1) is 0 Å². The number of rotatable bonds is 7. The quantitative estimate of drug-likeness (QED) is 0.379. The zero-order chi connectivity index (χ0) is 15.5. The maximum atomic E-state index is 12.8. The summed E-state index contributed by atoms with van der Waals surface area (Å²) < 4.78 is 127.